The summed E-state index contributed by atoms with van der Waals surface area (Å²) >= 11 is 5.81. The van der Waals surface area contributed by atoms with Crippen LogP contribution in [0.5, 0.6) is 0 Å². The summed E-state index contributed by atoms with van der Waals surface area (Å²) in [6, 6.07) is 6.50. The summed E-state index contributed by atoms with van der Waals surface area (Å²) in [7, 11) is 0. The second-order valence-corrected chi connectivity index (χ2v) is 5.03. The van der Waals surface area contributed by atoms with Crippen LogP contribution in [0.2, 0.25) is 0 Å². The van der Waals surface area contributed by atoms with Crippen molar-refractivity contribution < 1.29 is 0 Å². The zero-order chi connectivity index (χ0) is 12.1. The van der Waals surface area contributed by atoms with E-state index in [0.717, 1.165) is 18.1 Å². The van der Waals surface area contributed by atoms with Gasteiger partial charge in [-0.15, -0.1) is 11.6 Å². The van der Waals surface area contributed by atoms with E-state index in [0.29, 0.717) is 17.8 Å². The van der Waals surface area contributed by atoms with Gasteiger partial charge in [-0.3, -0.25) is 0 Å². The Morgan fingerprint density at radius 3 is 2.44 bits per heavy atom. The van der Waals surface area contributed by atoms with Crippen molar-refractivity contribution in [2.75, 3.05) is 11.4 Å². The third kappa shape index (κ3) is 3.67. The van der Waals surface area contributed by atoms with Crippen molar-refractivity contribution in [1.82, 2.24) is 4.98 Å². The fourth-order valence-corrected chi connectivity index (χ4v) is 1.81. The van der Waals surface area contributed by atoms with E-state index in [1.807, 2.05) is 12.1 Å². The Balaban J connectivity index is 2.91. The molecule has 1 aromatic rings. The van der Waals surface area contributed by atoms with Crippen molar-refractivity contribution in [1.29, 1.82) is 0 Å². The lowest BCUT2D eigenvalue weighted by Gasteiger charge is -2.29. The van der Waals surface area contributed by atoms with Gasteiger partial charge in [-0.2, -0.15) is 0 Å². The van der Waals surface area contributed by atoms with Gasteiger partial charge < -0.3 is 4.90 Å². The summed E-state index contributed by atoms with van der Waals surface area (Å²) in [4.78, 5) is 6.88. The zero-order valence-corrected chi connectivity index (χ0v) is 11.3. The van der Waals surface area contributed by atoms with Crippen LogP contribution in [0.1, 0.15) is 33.4 Å². The van der Waals surface area contributed by atoms with E-state index in [4.69, 9.17) is 11.6 Å². The van der Waals surface area contributed by atoms with Gasteiger partial charge in [-0.1, -0.05) is 19.9 Å². The van der Waals surface area contributed by atoms with Crippen LogP contribution in [0.25, 0.3) is 0 Å². The van der Waals surface area contributed by atoms with Crippen molar-refractivity contribution >= 4 is 17.4 Å². The van der Waals surface area contributed by atoms with Gasteiger partial charge in [0.25, 0.3) is 0 Å². The molecule has 0 bridgehead atoms. The molecule has 0 saturated heterocycles. The highest BCUT2D eigenvalue weighted by atomic mass is 35.5. The molecule has 1 aromatic heterocycles. The molecule has 2 nitrogen and oxygen atoms in total. The highest BCUT2D eigenvalue weighted by Crippen LogP contribution is 2.17. The average molecular weight is 241 g/mol. The summed E-state index contributed by atoms with van der Waals surface area (Å²) in [6.07, 6.45) is 0. The molecule has 0 amide bonds. The molecule has 0 aliphatic heterocycles. The first-order valence-corrected chi connectivity index (χ1v) is 6.36. The molecule has 0 unspecified atom stereocenters. The van der Waals surface area contributed by atoms with E-state index < -0.39 is 0 Å². The maximum Gasteiger partial charge on any atom is 0.129 e. The molecule has 0 radical (unpaired) electrons. The molecule has 0 aromatic carbocycles. The van der Waals surface area contributed by atoms with Crippen molar-refractivity contribution in [3.05, 3.63) is 23.9 Å². The van der Waals surface area contributed by atoms with Gasteiger partial charge >= 0.3 is 0 Å². The number of hydrogen-bond acceptors (Lipinski definition) is 2. The highest BCUT2D eigenvalue weighted by Gasteiger charge is 2.13. The Hall–Kier alpha value is -0.760. The Labute approximate surface area is 104 Å². The first-order chi connectivity index (χ1) is 7.54. The number of hydrogen-bond donors (Lipinski definition) is 0. The molecule has 0 N–H and O–H groups in total. The van der Waals surface area contributed by atoms with Crippen LogP contribution in [0.4, 0.5) is 5.82 Å². The van der Waals surface area contributed by atoms with Crippen LogP contribution in [0.15, 0.2) is 18.2 Å². The summed E-state index contributed by atoms with van der Waals surface area (Å²) < 4.78 is 0. The Bertz CT molecular complexity index is 323. The smallest absolute Gasteiger partial charge is 0.129 e. The van der Waals surface area contributed by atoms with E-state index in [2.05, 4.69) is 43.6 Å². The van der Waals surface area contributed by atoms with E-state index >= 15 is 0 Å². The second-order valence-electron chi connectivity index (χ2n) is 4.76. The van der Waals surface area contributed by atoms with Gasteiger partial charge in [-0.05, 0) is 31.9 Å². The lowest BCUT2D eigenvalue weighted by atomic mass is 10.1. The number of aromatic nitrogens is 1. The van der Waals surface area contributed by atoms with Gasteiger partial charge in [-0.25, -0.2) is 4.98 Å². The molecule has 0 aliphatic rings. The third-order valence-electron chi connectivity index (χ3n) is 2.41. The van der Waals surface area contributed by atoms with E-state index in [-0.39, 0.29) is 0 Å². The number of anilines is 1. The van der Waals surface area contributed by atoms with Gasteiger partial charge in [0.05, 0.1) is 11.6 Å². The molecule has 0 fully saturated rings. The summed E-state index contributed by atoms with van der Waals surface area (Å²) in [5, 5.41) is 0. The fraction of sp³-hybridized carbons (Fsp3) is 0.615. The van der Waals surface area contributed by atoms with Crippen molar-refractivity contribution in [3.8, 4) is 0 Å². The number of halogens is 1. The molecule has 0 saturated carbocycles. The van der Waals surface area contributed by atoms with Gasteiger partial charge in [0.2, 0.25) is 0 Å². The average Bonchev–Trinajstić information content (AvgIpc) is 2.25. The van der Waals surface area contributed by atoms with Crippen LogP contribution in [-0.4, -0.2) is 17.6 Å². The predicted molar refractivity (Wildman–Crippen MR) is 71.1 cm³/mol. The van der Waals surface area contributed by atoms with Crippen LogP contribution < -0.4 is 4.90 Å². The molecular weight excluding hydrogens is 220 g/mol. The number of rotatable bonds is 5. The van der Waals surface area contributed by atoms with Crippen LogP contribution >= 0.6 is 11.6 Å². The van der Waals surface area contributed by atoms with Crippen LogP contribution in [0, 0.1) is 5.92 Å². The quantitative estimate of drug-likeness (QED) is 0.730. The van der Waals surface area contributed by atoms with Crippen LogP contribution in [-0.2, 0) is 5.88 Å². The second kappa shape index (κ2) is 6.09. The summed E-state index contributed by atoms with van der Waals surface area (Å²) in [5.41, 5.74) is 0.938. The Morgan fingerprint density at radius 1 is 1.25 bits per heavy atom. The van der Waals surface area contributed by atoms with Crippen molar-refractivity contribution in [2.24, 2.45) is 5.92 Å². The zero-order valence-electron chi connectivity index (χ0n) is 10.6. The predicted octanol–water partition coefficient (Wildman–Crippen LogP) is 3.69. The molecule has 0 spiro atoms. The standard InChI is InChI=1S/C13H21ClN2/c1-10(2)9-16(11(3)4)13-7-5-6-12(8-14)15-13/h5-7,10-11H,8-9H2,1-4H3. The molecule has 0 atom stereocenters. The maximum atomic E-state index is 5.81. The molecule has 16 heavy (non-hydrogen) atoms. The third-order valence-corrected chi connectivity index (χ3v) is 2.68. The van der Waals surface area contributed by atoms with Crippen molar-refractivity contribution in [3.63, 3.8) is 0 Å². The topological polar surface area (TPSA) is 16.1 Å². The van der Waals surface area contributed by atoms with Gasteiger partial charge in [0, 0.05) is 12.6 Å². The highest BCUT2D eigenvalue weighted by molar-refractivity contribution is 6.16. The molecule has 0 aliphatic carbocycles. The first-order valence-electron chi connectivity index (χ1n) is 5.83. The molecular formula is C13H21ClN2. The molecule has 1 heterocycles. The van der Waals surface area contributed by atoms with Gasteiger partial charge in [0.15, 0.2) is 0 Å². The molecule has 90 valence electrons. The molecule has 3 heteroatoms. The minimum Gasteiger partial charge on any atom is -0.354 e. The van der Waals surface area contributed by atoms with E-state index in [1.165, 1.54) is 0 Å². The first kappa shape index (κ1) is 13.3. The summed E-state index contributed by atoms with van der Waals surface area (Å²) in [5.74, 6) is 2.13. The number of alkyl halides is 1. The Kier molecular flexibility index (Phi) is 5.07. The monoisotopic (exact) mass is 240 g/mol. The number of pyridine rings is 1. The number of nitrogens with zero attached hydrogens (tertiary/aromatic N) is 2. The minimum atomic E-state index is 0.459. The summed E-state index contributed by atoms with van der Waals surface area (Å²) in [6.45, 7) is 9.85. The normalized spacial score (nSPS) is 11.2. The van der Waals surface area contributed by atoms with Crippen molar-refractivity contribution in [2.45, 2.75) is 39.6 Å². The van der Waals surface area contributed by atoms with E-state index in [1.54, 1.807) is 0 Å². The lowest BCUT2D eigenvalue weighted by molar-refractivity contribution is 0.565. The minimum absolute atomic E-state index is 0.459. The fourth-order valence-electron chi connectivity index (χ4n) is 1.66. The Morgan fingerprint density at radius 2 is 1.94 bits per heavy atom. The van der Waals surface area contributed by atoms with Gasteiger partial charge in [0.1, 0.15) is 5.82 Å². The maximum absolute atomic E-state index is 5.81. The lowest BCUT2D eigenvalue weighted by Crippen LogP contribution is -2.34. The largest absolute Gasteiger partial charge is 0.354 e. The molecule has 1 rings (SSSR count). The van der Waals surface area contributed by atoms with E-state index in [9.17, 15) is 0 Å². The SMILES string of the molecule is CC(C)CN(c1cccc(CCl)n1)C(C)C. The van der Waals surface area contributed by atoms with Crippen LogP contribution in [0.3, 0.4) is 0 Å².